The SMILES string of the molecule is Cc1ccnc(N2c3ccccc3NS2(=O)=O)c1. The summed E-state index contributed by atoms with van der Waals surface area (Å²) in [5.41, 5.74) is 2.12. The number of hydrogen-bond donors (Lipinski definition) is 1. The van der Waals surface area contributed by atoms with E-state index >= 15 is 0 Å². The first kappa shape index (κ1) is 11.0. The van der Waals surface area contributed by atoms with Gasteiger partial charge in [-0.3, -0.25) is 4.72 Å². The Morgan fingerprint density at radius 3 is 2.78 bits per heavy atom. The molecule has 0 spiro atoms. The summed E-state index contributed by atoms with van der Waals surface area (Å²) in [7, 11) is -3.60. The molecule has 18 heavy (non-hydrogen) atoms. The molecule has 1 N–H and O–H groups in total. The molecule has 2 aromatic rings. The van der Waals surface area contributed by atoms with Crippen molar-refractivity contribution < 1.29 is 8.42 Å². The van der Waals surface area contributed by atoms with Crippen molar-refractivity contribution in [3.8, 4) is 0 Å². The van der Waals surface area contributed by atoms with E-state index in [0.717, 1.165) is 5.56 Å². The number of nitrogens with zero attached hydrogens (tertiary/aromatic N) is 2. The molecular formula is C12H11N3O2S. The lowest BCUT2D eigenvalue weighted by Gasteiger charge is -2.15. The Morgan fingerprint density at radius 1 is 1.22 bits per heavy atom. The second-order valence-corrected chi connectivity index (χ2v) is 5.60. The van der Waals surface area contributed by atoms with Crippen LogP contribution >= 0.6 is 0 Å². The van der Waals surface area contributed by atoms with Crippen LogP contribution in [0.15, 0.2) is 42.6 Å². The maximum absolute atomic E-state index is 12.1. The number of rotatable bonds is 1. The van der Waals surface area contributed by atoms with Crippen LogP contribution in [0.4, 0.5) is 17.2 Å². The molecular weight excluding hydrogens is 250 g/mol. The predicted molar refractivity (Wildman–Crippen MR) is 70.1 cm³/mol. The quantitative estimate of drug-likeness (QED) is 0.856. The molecule has 0 radical (unpaired) electrons. The third kappa shape index (κ3) is 1.62. The maximum Gasteiger partial charge on any atom is 0.329 e. The number of benzene rings is 1. The van der Waals surface area contributed by atoms with Crippen LogP contribution in [-0.4, -0.2) is 13.4 Å². The molecule has 0 bridgehead atoms. The molecule has 1 aromatic carbocycles. The molecule has 1 aliphatic heterocycles. The maximum atomic E-state index is 12.1. The number of aromatic nitrogens is 1. The highest BCUT2D eigenvalue weighted by atomic mass is 32.2. The zero-order valence-corrected chi connectivity index (χ0v) is 10.5. The van der Waals surface area contributed by atoms with E-state index in [4.69, 9.17) is 0 Å². The lowest BCUT2D eigenvalue weighted by atomic mass is 10.2. The van der Waals surface area contributed by atoms with E-state index < -0.39 is 10.2 Å². The van der Waals surface area contributed by atoms with Crippen molar-refractivity contribution in [3.05, 3.63) is 48.2 Å². The summed E-state index contributed by atoms with van der Waals surface area (Å²) in [5, 5.41) is 0. The van der Waals surface area contributed by atoms with Crippen molar-refractivity contribution in [1.29, 1.82) is 0 Å². The van der Waals surface area contributed by atoms with Gasteiger partial charge in [0.05, 0.1) is 11.4 Å². The summed E-state index contributed by atoms with van der Waals surface area (Å²) in [5.74, 6) is 0.396. The van der Waals surface area contributed by atoms with Gasteiger partial charge in [0.15, 0.2) is 0 Å². The monoisotopic (exact) mass is 261 g/mol. The third-order valence-corrected chi connectivity index (χ3v) is 4.05. The molecule has 0 saturated heterocycles. The smallest absolute Gasteiger partial charge is 0.264 e. The molecule has 1 aliphatic rings. The Bertz CT molecular complexity index is 713. The van der Waals surface area contributed by atoms with Gasteiger partial charge in [-0.05, 0) is 36.8 Å². The van der Waals surface area contributed by atoms with Gasteiger partial charge >= 0.3 is 10.2 Å². The van der Waals surface area contributed by atoms with Gasteiger partial charge in [-0.25, -0.2) is 9.29 Å². The Balaban J connectivity index is 2.22. The molecule has 0 fully saturated rings. The number of pyridine rings is 1. The Kier molecular flexibility index (Phi) is 2.27. The fraction of sp³-hybridized carbons (Fsp3) is 0.0833. The molecule has 3 rings (SSSR count). The molecule has 0 atom stereocenters. The van der Waals surface area contributed by atoms with Crippen LogP contribution in [0.25, 0.3) is 0 Å². The van der Waals surface area contributed by atoms with Crippen molar-refractivity contribution in [3.63, 3.8) is 0 Å². The summed E-state index contributed by atoms with van der Waals surface area (Å²) in [6.07, 6.45) is 1.60. The van der Waals surface area contributed by atoms with Crippen LogP contribution in [-0.2, 0) is 10.2 Å². The fourth-order valence-corrected chi connectivity index (χ4v) is 3.24. The van der Waals surface area contributed by atoms with Crippen LogP contribution in [0.2, 0.25) is 0 Å². The Labute approximate surface area is 105 Å². The third-order valence-electron chi connectivity index (χ3n) is 2.71. The van der Waals surface area contributed by atoms with Gasteiger partial charge in [0, 0.05) is 6.20 Å². The number of nitrogens with one attached hydrogen (secondary N) is 1. The Morgan fingerprint density at radius 2 is 2.00 bits per heavy atom. The van der Waals surface area contributed by atoms with Crippen molar-refractivity contribution in [2.45, 2.75) is 6.92 Å². The van der Waals surface area contributed by atoms with E-state index in [1.165, 1.54) is 4.31 Å². The molecule has 0 unspecified atom stereocenters. The molecule has 92 valence electrons. The lowest BCUT2D eigenvalue weighted by molar-refractivity contribution is 0.602. The topological polar surface area (TPSA) is 62.3 Å². The zero-order chi connectivity index (χ0) is 12.8. The minimum atomic E-state index is -3.60. The highest BCUT2D eigenvalue weighted by molar-refractivity contribution is 7.94. The number of fused-ring (bicyclic) bond motifs is 1. The predicted octanol–water partition coefficient (Wildman–Crippen LogP) is 2.20. The molecule has 0 aliphatic carbocycles. The molecule has 1 aromatic heterocycles. The minimum Gasteiger partial charge on any atom is -0.264 e. The largest absolute Gasteiger partial charge is 0.329 e. The fourth-order valence-electron chi connectivity index (χ4n) is 1.93. The molecule has 5 nitrogen and oxygen atoms in total. The number of hydrogen-bond acceptors (Lipinski definition) is 3. The van der Waals surface area contributed by atoms with E-state index in [1.807, 2.05) is 13.0 Å². The first-order valence-corrected chi connectivity index (χ1v) is 6.87. The number of para-hydroxylation sites is 2. The zero-order valence-electron chi connectivity index (χ0n) is 9.66. The summed E-state index contributed by atoms with van der Waals surface area (Å²) in [4.78, 5) is 4.12. The summed E-state index contributed by atoms with van der Waals surface area (Å²) in [6, 6.07) is 10.6. The average molecular weight is 261 g/mol. The van der Waals surface area contributed by atoms with Crippen LogP contribution in [0, 0.1) is 6.92 Å². The highest BCUT2D eigenvalue weighted by Crippen LogP contribution is 2.39. The van der Waals surface area contributed by atoms with Gasteiger partial charge in [-0.15, -0.1) is 0 Å². The lowest BCUT2D eigenvalue weighted by Crippen LogP contribution is -2.25. The van der Waals surface area contributed by atoms with Crippen molar-refractivity contribution in [2.75, 3.05) is 9.03 Å². The molecule has 0 saturated carbocycles. The van der Waals surface area contributed by atoms with Crippen LogP contribution in [0.5, 0.6) is 0 Å². The summed E-state index contributed by atoms with van der Waals surface area (Å²) >= 11 is 0. The average Bonchev–Trinajstić information content (AvgIpc) is 2.58. The van der Waals surface area contributed by atoms with Gasteiger partial charge in [0.1, 0.15) is 5.82 Å². The van der Waals surface area contributed by atoms with Gasteiger partial charge in [-0.1, -0.05) is 12.1 Å². The highest BCUT2D eigenvalue weighted by Gasteiger charge is 2.34. The second kappa shape index (κ2) is 3.71. The summed E-state index contributed by atoms with van der Waals surface area (Å²) in [6.45, 7) is 1.90. The Hall–Kier alpha value is -2.08. The standard InChI is InChI=1S/C12H11N3O2S/c1-9-6-7-13-12(8-9)15-11-5-3-2-4-10(11)14-18(15,16)17/h2-8,14H,1H3. The van der Waals surface area contributed by atoms with Crippen molar-refractivity contribution >= 4 is 27.4 Å². The summed E-state index contributed by atoms with van der Waals surface area (Å²) < 4.78 is 27.9. The van der Waals surface area contributed by atoms with E-state index in [0.29, 0.717) is 17.2 Å². The van der Waals surface area contributed by atoms with E-state index in [2.05, 4.69) is 9.71 Å². The van der Waals surface area contributed by atoms with E-state index in [9.17, 15) is 8.42 Å². The van der Waals surface area contributed by atoms with Crippen molar-refractivity contribution in [1.82, 2.24) is 4.98 Å². The number of aryl methyl sites for hydroxylation is 1. The van der Waals surface area contributed by atoms with Gasteiger partial charge in [0.25, 0.3) is 0 Å². The van der Waals surface area contributed by atoms with Gasteiger partial charge in [0.2, 0.25) is 0 Å². The van der Waals surface area contributed by atoms with Gasteiger partial charge < -0.3 is 0 Å². The first-order chi connectivity index (χ1) is 8.58. The first-order valence-electron chi connectivity index (χ1n) is 5.43. The second-order valence-electron chi connectivity index (χ2n) is 4.08. The normalized spacial score (nSPS) is 16.2. The van der Waals surface area contributed by atoms with E-state index in [1.54, 1.807) is 36.5 Å². The van der Waals surface area contributed by atoms with E-state index in [-0.39, 0.29) is 0 Å². The van der Waals surface area contributed by atoms with Crippen LogP contribution < -0.4 is 9.03 Å². The molecule has 6 heteroatoms. The number of anilines is 3. The van der Waals surface area contributed by atoms with Crippen LogP contribution in [0.1, 0.15) is 5.56 Å². The molecule has 0 amide bonds. The van der Waals surface area contributed by atoms with Crippen LogP contribution in [0.3, 0.4) is 0 Å². The van der Waals surface area contributed by atoms with Crippen molar-refractivity contribution in [2.24, 2.45) is 0 Å². The molecule has 2 heterocycles. The van der Waals surface area contributed by atoms with Gasteiger partial charge in [-0.2, -0.15) is 8.42 Å². The minimum absolute atomic E-state index is 0.396.